The van der Waals surface area contributed by atoms with E-state index in [1.54, 1.807) is 0 Å². The Kier molecular flexibility index (Phi) is 7.29. The monoisotopic (exact) mass is 529 g/mol. The van der Waals surface area contributed by atoms with Crippen LogP contribution in [0.15, 0.2) is 0 Å². The van der Waals surface area contributed by atoms with Gasteiger partial charge in [-0.2, -0.15) is 83.4 Å². The second-order valence-electron chi connectivity index (χ2n) is 5.68. The van der Waals surface area contributed by atoms with Gasteiger partial charge in [-0.3, -0.25) is 0 Å². The first-order chi connectivity index (χ1) is 13.1. The third-order valence-electron chi connectivity index (χ3n) is 3.60. The maximum atomic E-state index is 13.3. The summed E-state index contributed by atoms with van der Waals surface area (Å²) in [6, 6.07) is 0. The predicted molar refractivity (Wildman–Crippen MR) is 62.7 cm³/mol. The summed E-state index contributed by atoms with van der Waals surface area (Å²) >= 11 is 3.64. The van der Waals surface area contributed by atoms with Gasteiger partial charge in [-0.05, 0) is 0 Å². The van der Waals surface area contributed by atoms with Gasteiger partial charge in [0.05, 0.1) is 0 Å². The van der Waals surface area contributed by atoms with E-state index in [9.17, 15) is 83.4 Å². The lowest BCUT2D eigenvalue weighted by molar-refractivity contribution is -0.468. The molecule has 0 aromatic heterocycles. The van der Waals surface area contributed by atoms with Crippen LogP contribution in [-0.4, -0.2) is 59.3 Å². The molecule has 20 heteroatoms. The van der Waals surface area contributed by atoms with Crippen LogP contribution in [0.2, 0.25) is 0 Å². The quantitative estimate of drug-likeness (QED) is 0.277. The van der Waals surface area contributed by atoms with Crippen molar-refractivity contribution >= 4 is 12.6 Å². The highest BCUT2D eigenvalue weighted by molar-refractivity contribution is 7.80. The minimum atomic E-state index is -8.88. The molecule has 0 amide bonds. The van der Waals surface area contributed by atoms with Gasteiger partial charge in [0.2, 0.25) is 0 Å². The van der Waals surface area contributed by atoms with E-state index in [1.165, 1.54) is 0 Å². The molecule has 0 aromatic carbocycles. The minimum absolute atomic E-state index is 1.66. The van der Waals surface area contributed by atoms with E-state index in [1.807, 2.05) is 0 Å². The Morgan fingerprint density at radius 1 is 0.355 bits per heavy atom. The summed E-state index contributed by atoms with van der Waals surface area (Å²) in [5.74, 6) is -67.8. The molecule has 0 unspecified atom stereocenters. The molecule has 0 aromatic rings. The van der Waals surface area contributed by atoms with E-state index in [2.05, 4.69) is 12.6 Å². The van der Waals surface area contributed by atoms with Crippen molar-refractivity contribution in [3.05, 3.63) is 0 Å². The van der Waals surface area contributed by atoms with E-state index in [0.717, 1.165) is 0 Å². The van der Waals surface area contributed by atoms with Crippen LogP contribution in [0.3, 0.4) is 0 Å². The van der Waals surface area contributed by atoms with Crippen molar-refractivity contribution in [2.45, 2.75) is 60.0 Å². The highest BCUT2D eigenvalue weighted by Crippen LogP contribution is 2.65. The Balaban J connectivity index is 6.84. The third kappa shape index (κ3) is 3.76. The van der Waals surface area contributed by atoms with Crippen molar-refractivity contribution in [2.75, 3.05) is 5.75 Å². The zero-order chi connectivity index (χ0) is 25.9. The fraction of sp³-hybridized carbons (Fsp3) is 1.00. The molecule has 0 spiro atoms. The van der Waals surface area contributed by atoms with Crippen LogP contribution >= 0.6 is 12.6 Å². The lowest BCUT2D eigenvalue weighted by Crippen LogP contribution is -2.75. The number of hydrogen-bond acceptors (Lipinski definition) is 0. The molecule has 0 rings (SSSR count). The second kappa shape index (κ2) is 7.53. The van der Waals surface area contributed by atoms with Crippen molar-refractivity contribution < 1.29 is 83.4 Å². The van der Waals surface area contributed by atoms with Crippen molar-refractivity contribution in [3.8, 4) is 0 Å². The standard InChI is InChI=1S/C11H4F19S/c12-3(13,1-2-31)4(14,15)5(16,17)6(18,19)7(20,21)8(22,23)9(24,25)10(26,27)11(28,29)30/h1-2H2. The molecule has 0 atom stereocenters. The average molecular weight is 529 g/mol. The highest BCUT2D eigenvalue weighted by atomic mass is 32.1. The topological polar surface area (TPSA) is 0 Å². The second-order valence-corrected chi connectivity index (χ2v) is 6.09. The van der Waals surface area contributed by atoms with Gasteiger partial charge in [0.1, 0.15) is 0 Å². The number of rotatable bonds is 9. The van der Waals surface area contributed by atoms with Crippen molar-refractivity contribution in [3.63, 3.8) is 0 Å². The molecule has 0 saturated carbocycles. The molecule has 0 bridgehead atoms. The molecule has 0 heterocycles. The normalized spacial score (nSPS) is 16.6. The van der Waals surface area contributed by atoms with Gasteiger partial charge < -0.3 is 0 Å². The van der Waals surface area contributed by atoms with E-state index >= 15 is 0 Å². The Morgan fingerprint density at radius 2 is 0.581 bits per heavy atom. The van der Waals surface area contributed by atoms with Crippen molar-refractivity contribution in [1.82, 2.24) is 0 Å². The van der Waals surface area contributed by atoms with Crippen LogP contribution in [0.1, 0.15) is 6.42 Å². The Bertz CT molecular complexity index is 644. The van der Waals surface area contributed by atoms with E-state index in [4.69, 9.17) is 0 Å². The lowest BCUT2D eigenvalue weighted by atomic mass is 9.87. The van der Waals surface area contributed by atoms with Crippen LogP contribution in [0.5, 0.6) is 0 Å². The molecule has 0 aliphatic rings. The summed E-state index contributed by atoms with van der Waals surface area (Å²) in [6.45, 7) is 0. The van der Waals surface area contributed by atoms with Gasteiger partial charge in [-0.25, -0.2) is 0 Å². The summed E-state index contributed by atoms with van der Waals surface area (Å²) in [5.41, 5.74) is 0. The van der Waals surface area contributed by atoms with Crippen LogP contribution < -0.4 is 0 Å². The van der Waals surface area contributed by atoms with Crippen molar-refractivity contribution in [2.24, 2.45) is 0 Å². The first kappa shape index (κ1) is 30.0. The average Bonchev–Trinajstić information content (AvgIpc) is 2.52. The van der Waals surface area contributed by atoms with Gasteiger partial charge in [0.15, 0.2) is 0 Å². The van der Waals surface area contributed by atoms with Crippen LogP contribution in [0.25, 0.3) is 0 Å². The third-order valence-corrected chi connectivity index (χ3v) is 3.80. The zero-order valence-electron chi connectivity index (χ0n) is 13.5. The summed E-state index contributed by atoms with van der Waals surface area (Å²) in [6.07, 6.45) is -10.5. The summed E-state index contributed by atoms with van der Waals surface area (Å²) in [7, 11) is 0. The molecule has 0 aliphatic heterocycles. The van der Waals surface area contributed by atoms with Gasteiger partial charge in [-0.15, -0.1) is 0 Å². The van der Waals surface area contributed by atoms with E-state index < -0.39 is 65.7 Å². The first-order valence-electron chi connectivity index (χ1n) is 6.73. The van der Waals surface area contributed by atoms with Crippen LogP contribution in [0, 0.1) is 0 Å². The summed E-state index contributed by atoms with van der Waals surface area (Å²) in [4.78, 5) is 0. The first-order valence-corrected chi connectivity index (χ1v) is 7.31. The molecule has 0 nitrogen and oxygen atoms in total. The summed E-state index contributed by atoms with van der Waals surface area (Å²) < 4.78 is 245. The van der Waals surface area contributed by atoms with Gasteiger partial charge in [0, 0.05) is 12.2 Å². The molecular formula is C11H4F19S. The van der Waals surface area contributed by atoms with Gasteiger partial charge in [0.25, 0.3) is 0 Å². The van der Waals surface area contributed by atoms with E-state index in [-0.39, 0.29) is 0 Å². The zero-order valence-corrected chi connectivity index (χ0v) is 14.3. The van der Waals surface area contributed by atoms with Crippen LogP contribution in [0.4, 0.5) is 83.4 Å². The summed E-state index contributed by atoms with van der Waals surface area (Å²) in [5, 5.41) is 0. The molecule has 0 N–H and O–H groups in total. The molecule has 0 saturated heterocycles. The molecule has 0 fully saturated rings. The Hall–Kier alpha value is -0.980. The fourth-order valence-corrected chi connectivity index (χ4v) is 1.94. The Labute approximate surface area is 163 Å². The lowest BCUT2D eigenvalue weighted by Gasteiger charge is -2.43. The smallest absolute Gasteiger partial charge is 0.200 e. The molecular weight excluding hydrogens is 525 g/mol. The van der Waals surface area contributed by atoms with Crippen molar-refractivity contribution in [1.29, 1.82) is 0 Å². The predicted octanol–water partition coefficient (Wildman–Crippen LogP) is 7.22. The maximum absolute atomic E-state index is 13.3. The number of alkyl halides is 19. The molecule has 1 radical (unpaired) electrons. The fourth-order valence-electron chi connectivity index (χ4n) is 1.68. The van der Waals surface area contributed by atoms with Gasteiger partial charge in [-0.1, -0.05) is 12.6 Å². The Morgan fingerprint density at radius 3 is 0.806 bits per heavy atom. The molecule has 0 aliphatic carbocycles. The SMILES string of the molecule is FC(F)(F)C(F)(F)C(F)(F)C(F)(F)C(F)(F)C(F)(F)C(F)(F)C(F)(F)C(F)(F)CC[S]. The van der Waals surface area contributed by atoms with Gasteiger partial charge >= 0.3 is 53.6 Å². The van der Waals surface area contributed by atoms with E-state index in [0.29, 0.717) is 0 Å². The van der Waals surface area contributed by atoms with Crippen LogP contribution in [-0.2, 0) is 0 Å². The molecule has 31 heavy (non-hydrogen) atoms. The minimum Gasteiger partial charge on any atom is -0.200 e. The number of halogens is 19. The maximum Gasteiger partial charge on any atom is 0.460 e. The largest absolute Gasteiger partial charge is 0.460 e. The highest BCUT2D eigenvalue weighted by Gasteiger charge is 2.96. The molecule has 187 valence electrons. The number of hydrogen-bond donors (Lipinski definition) is 0.